The van der Waals surface area contributed by atoms with E-state index >= 15 is 0 Å². The third-order valence-electron chi connectivity index (χ3n) is 4.04. The Hall–Kier alpha value is -1.55. The SMILES string of the molecule is CC(C)(C)OC(=O)N1CCNC(c2ccccc2)C1C(C)(C)C. The maximum atomic E-state index is 12.7. The van der Waals surface area contributed by atoms with E-state index in [1.807, 2.05) is 43.9 Å². The van der Waals surface area contributed by atoms with Crippen LogP contribution >= 0.6 is 0 Å². The molecule has 0 saturated carbocycles. The second kappa shape index (κ2) is 6.52. The predicted molar refractivity (Wildman–Crippen MR) is 93.4 cm³/mol. The van der Waals surface area contributed by atoms with Crippen molar-refractivity contribution in [2.45, 2.75) is 59.2 Å². The van der Waals surface area contributed by atoms with Gasteiger partial charge in [-0.15, -0.1) is 0 Å². The number of benzene rings is 1. The Morgan fingerprint density at radius 1 is 1.13 bits per heavy atom. The highest BCUT2D eigenvalue weighted by atomic mass is 16.6. The van der Waals surface area contributed by atoms with Gasteiger partial charge in [0.05, 0.1) is 12.1 Å². The van der Waals surface area contributed by atoms with Gasteiger partial charge in [0.1, 0.15) is 5.60 Å². The zero-order chi connectivity index (χ0) is 17.3. The number of carbonyl (C=O) groups excluding carboxylic acids is 1. The molecule has 0 aromatic heterocycles. The number of ether oxygens (including phenoxy) is 1. The van der Waals surface area contributed by atoms with E-state index in [9.17, 15) is 4.79 Å². The first-order chi connectivity index (χ1) is 10.6. The van der Waals surface area contributed by atoms with Gasteiger partial charge in [-0.05, 0) is 31.7 Å². The number of carbonyl (C=O) groups is 1. The minimum Gasteiger partial charge on any atom is -0.444 e. The van der Waals surface area contributed by atoms with Gasteiger partial charge in [-0.2, -0.15) is 0 Å². The summed E-state index contributed by atoms with van der Waals surface area (Å²) in [6.07, 6.45) is -0.222. The van der Waals surface area contributed by atoms with Crippen molar-refractivity contribution in [3.8, 4) is 0 Å². The zero-order valence-corrected chi connectivity index (χ0v) is 15.2. The van der Waals surface area contributed by atoms with E-state index in [0.717, 1.165) is 6.54 Å². The Kier molecular flexibility index (Phi) is 5.04. The van der Waals surface area contributed by atoms with Crippen LogP contribution in [0.4, 0.5) is 4.79 Å². The first-order valence-electron chi connectivity index (χ1n) is 8.37. The van der Waals surface area contributed by atoms with Gasteiger partial charge in [0.2, 0.25) is 0 Å². The Balaban J connectivity index is 2.33. The molecule has 1 saturated heterocycles. The Labute approximate surface area is 140 Å². The summed E-state index contributed by atoms with van der Waals surface area (Å²) in [5.41, 5.74) is 0.665. The molecule has 0 spiro atoms. The van der Waals surface area contributed by atoms with Crippen molar-refractivity contribution in [2.75, 3.05) is 13.1 Å². The molecule has 1 aliphatic heterocycles. The lowest BCUT2D eigenvalue weighted by Gasteiger charge is -2.48. The minimum absolute atomic E-state index is 0.0356. The highest BCUT2D eigenvalue weighted by Crippen LogP contribution is 2.36. The largest absolute Gasteiger partial charge is 0.444 e. The fourth-order valence-corrected chi connectivity index (χ4v) is 3.22. The van der Waals surface area contributed by atoms with Crippen molar-refractivity contribution in [1.29, 1.82) is 0 Å². The van der Waals surface area contributed by atoms with Gasteiger partial charge < -0.3 is 15.0 Å². The van der Waals surface area contributed by atoms with Gasteiger partial charge in [-0.25, -0.2) is 4.79 Å². The molecule has 4 nitrogen and oxygen atoms in total. The molecule has 1 N–H and O–H groups in total. The van der Waals surface area contributed by atoms with Crippen LogP contribution in [0.25, 0.3) is 0 Å². The van der Waals surface area contributed by atoms with Crippen LogP contribution in [-0.4, -0.2) is 35.7 Å². The molecule has 2 unspecified atom stereocenters. The molecule has 23 heavy (non-hydrogen) atoms. The summed E-state index contributed by atoms with van der Waals surface area (Å²) < 4.78 is 5.65. The molecule has 1 fully saturated rings. The summed E-state index contributed by atoms with van der Waals surface area (Å²) in [4.78, 5) is 14.6. The average molecular weight is 318 g/mol. The number of hydrogen-bond acceptors (Lipinski definition) is 3. The van der Waals surface area contributed by atoms with Crippen LogP contribution in [0.1, 0.15) is 53.1 Å². The van der Waals surface area contributed by atoms with Crippen LogP contribution in [0.3, 0.4) is 0 Å². The molecule has 1 heterocycles. The van der Waals surface area contributed by atoms with E-state index < -0.39 is 5.60 Å². The van der Waals surface area contributed by atoms with E-state index in [1.54, 1.807) is 0 Å². The Morgan fingerprint density at radius 2 is 1.74 bits per heavy atom. The van der Waals surface area contributed by atoms with Crippen LogP contribution < -0.4 is 5.32 Å². The minimum atomic E-state index is -0.480. The van der Waals surface area contributed by atoms with E-state index in [2.05, 4.69) is 38.2 Å². The van der Waals surface area contributed by atoms with Crippen LogP contribution in [0, 0.1) is 5.41 Å². The van der Waals surface area contributed by atoms with Crippen molar-refractivity contribution >= 4 is 6.09 Å². The van der Waals surface area contributed by atoms with Crippen LogP contribution in [-0.2, 0) is 4.74 Å². The Morgan fingerprint density at radius 3 is 2.26 bits per heavy atom. The van der Waals surface area contributed by atoms with Gasteiger partial charge in [-0.3, -0.25) is 0 Å². The summed E-state index contributed by atoms with van der Waals surface area (Å²) in [6.45, 7) is 13.7. The molecule has 1 aromatic rings. The fraction of sp³-hybridized carbons (Fsp3) is 0.632. The summed E-state index contributed by atoms with van der Waals surface area (Å²) >= 11 is 0. The van der Waals surface area contributed by atoms with E-state index in [4.69, 9.17) is 4.74 Å². The smallest absolute Gasteiger partial charge is 0.410 e. The van der Waals surface area contributed by atoms with Gasteiger partial charge >= 0.3 is 6.09 Å². The molecule has 0 bridgehead atoms. The number of piperazine rings is 1. The highest BCUT2D eigenvalue weighted by Gasteiger charge is 2.43. The number of nitrogens with zero attached hydrogens (tertiary/aromatic N) is 1. The van der Waals surface area contributed by atoms with Crippen LogP contribution in [0.15, 0.2) is 30.3 Å². The number of hydrogen-bond donors (Lipinski definition) is 1. The van der Waals surface area contributed by atoms with Gasteiger partial charge in [0.25, 0.3) is 0 Å². The summed E-state index contributed by atoms with van der Waals surface area (Å²) in [5, 5.41) is 3.59. The predicted octanol–water partition coefficient (Wildman–Crippen LogP) is 3.98. The highest BCUT2D eigenvalue weighted by molar-refractivity contribution is 5.69. The topological polar surface area (TPSA) is 41.6 Å². The van der Waals surface area contributed by atoms with Gasteiger partial charge in [0.15, 0.2) is 0 Å². The quantitative estimate of drug-likeness (QED) is 0.851. The number of amides is 1. The third-order valence-corrected chi connectivity index (χ3v) is 4.04. The first-order valence-corrected chi connectivity index (χ1v) is 8.37. The first kappa shape index (κ1) is 17.8. The monoisotopic (exact) mass is 318 g/mol. The van der Waals surface area contributed by atoms with E-state index in [1.165, 1.54) is 5.56 Å². The maximum Gasteiger partial charge on any atom is 0.410 e. The standard InChI is InChI=1S/C19H30N2O2/c1-18(2,3)16-15(14-10-8-7-9-11-14)20-12-13-21(16)17(22)23-19(4,5)6/h7-11,15-16,20H,12-13H2,1-6H3. The number of nitrogens with one attached hydrogen (secondary N) is 1. The molecule has 1 aromatic carbocycles. The second-order valence-electron chi connectivity index (χ2n) is 8.33. The molecule has 0 aliphatic carbocycles. The average Bonchev–Trinajstić information content (AvgIpc) is 2.44. The second-order valence-corrected chi connectivity index (χ2v) is 8.33. The van der Waals surface area contributed by atoms with Crippen molar-refractivity contribution in [3.63, 3.8) is 0 Å². The van der Waals surface area contributed by atoms with Crippen molar-refractivity contribution in [1.82, 2.24) is 10.2 Å². The molecule has 1 amide bonds. The number of rotatable bonds is 1. The molecule has 1 aliphatic rings. The molecular weight excluding hydrogens is 288 g/mol. The summed E-state index contributed by atoms with van der Waals surface area (Å²) in [5.74, 6) is 0. The van der Waals surface area contributed by atoms with Gasteiger partial charge in [-0.1, -0.05) is 51.1 Å². The van der Waals surface area contributed by atoms with Crippen molar-refractivity contribution in [3.05, 3.63) is 35.9 Å². The van der Waals surface area contributed by atoms with Crippen LogP contribution in [0.5, 0.6) is 0 Å². The zero-order valence-electron chi connectivity index (χ0n) is 15.2. The Bertz CT molecular complexity index is 529. The van der Waals surface area contributed by atoms with E-state index in [0.29, 0.717) is 6.54 Å². The molecule has 4 heteroatoms. The molecule has 128 valence electrons. The fourth-order valence-electron chi connectivity index (χ4n) is 3.22. The van der Waals surface area contributed by atoms with Crippen molar-refractivity contribution < 1.29 is 9.53 Å². The van der Waals surface area contributed by atoms with E-state index in [-0.39, 0.29) is 23.6 Å². The summed E-state index contributed by atoms with van der Waals surface area (Å²) in [7, 11) is 0. The lowest BCUT2D eigenvalue weighted by molar-refractivity contribution is -0.0151. The third kappa shape index (κ3) is 4.47. The lowest BCUT2D eigenvalue weighted by atomic mass is 9.78. The summed E-state index contributed by atoms with van der Waals surface area (Å²) in [6, 6.07) is 10.5. The maximum absolute atomic E-state index is 12.7. The van der Waals surface area contributed by atoms with Crippen molar-refractivity contribution in [2.24, 2.45) is 5.41 Å². The molecule has 2 rings (SSSR count). The van der Waals surface area contributed by atoms with Gasteiger partial charge in [0, 0.05) is 13.1 Å². The molecule has 0 radical (unpaired) electrons. The lowest BCUT2D eigenvalue weighted by Crippen LogP contribution is -2.60. The van der Waals surface area contributed by atoms with Crippen LogP contribution in [0.2, 0.25) is 0 Å². The normalized spacial score (nSPS) is 22.8. The molecular formula is C19H30N2O2. The molecule has 2 atom stereocenters.